The number of halogens is 1. The number of nitrogens with zero attached hydrogens (tertiary/aromatic N) is 5. The molecule has 0 fully saturated rings. The van der Waals surface area contributed by atoms with Gasteiger partial charge in [0.2, 0.25) is 0 Å². The van der Waals surface area contributed by atoms with Gasteiger partial charge in [0, 0.05) is 5.02 Å². The third-order valence-corrected chi connectivity index (χ3v) is 3.84. The Morgan fingerprint density at radius 3 is 2.48 bits per heavy atom. The summed E-state index contributed by atoms with van der Waals surface area (Å²) in [4.78, 5) is 16.2. The second-order valence-corrected chi connectivity index (χ2v) is 5.65. The number of aromatic nitrogens is 3. The van der Waals surface area contributed by atoms with Crippen molar-refractivity contribution in [1.29, 1.82) is 0 Å². The molecule has 1 heterocycles. The van der Waals surface area contributed by atoms with E-state index in [1.165, 1.54) is 20.3 Å². The van der Waals surface area contributed by atoms with E-state index in [0.717, 1.165) is 4.80 Å². The highest BCUT2D eigenvalue weighted by molar-refractivity contribution is 6.30. The van der Waals surface area contributed by atoms with Crippen LogP contribution in [0.25, 0.3) is 5.69 Å². The van der Waals surface area contributed by atoms with Crippen molar-refractivity contribution in [3.63, 3.8) is 0 Å². The summed E-state index contributed by atoms with van der Waals surface area (Å²) in [6.45, 7) is 0. The van der Waals surface area contributed by atoms with Gasteiger partial charge in [0.25, 0.3) is 5.49 Å². The summed E-state index contributed by atoms with van der Waals surface area (Å²) in [5.74, 6) is 0.264. The van der Waals surface area contributed by atoms with E-state index in [1.807, 2.05) is 0 Å². The molecular weight excluding hydrogens is 378 g/mol. The van der Waals surface area contributed by atoms with Crippen LogP contribution in [-0.2, 0) is 0 Å². The van der Waals surface area contributed by atoms with Crippen LogP contribution in [0.5, 0.6) is 11.5 Å². The molecule has 0 atom stereocenters. The van der Waals surface area contributed by atoms with Gasteiger partial charge in [-0.2, -0.15) is 0 Å². The molecule has 1 aromatic heterocycles. The third kappa shape index (κ3) is 3.55. The molecule has 3 rings (SSSR count). The maximum Gasteiger partial charge on any atom is 0.438 e. The van der Waals surface area contributed by atoms with E-state index in [-0.39, 0.29) is 5.69 Å². The molecule has 0 amide bonds. The number of nitro groups is 1. The van der Waals surface area contributed by atoms with Crippen molar-refractivity contribution < 1.29 is 19.6 Å². The number of rotatable bonds is 5. The lowest BCUT2D eigenvalue weighted by Gasteiger charge is -2.04. The monoisotopic (exact) mass is 391 g/mol. The molecule has 3 aromatic rings. The van der Waals surface area contributed by atoms with Crippen molar-refractivity contribution >= 4 is 23.1 Å². The van der Waals surface area contributed by atoms with Crippen LogP contribution >= 0.6 is 11.6 Å². The molecule has 0 saturated carbocycles. The Balaban J connectivity index is 2.22. The predicted octanol–water partition coefficient (Wildman–Crippen LogP) is 2.72. The minimum atomic E-state index is -0.747. The Labute approximate surface area is 157 Å². The van der Waals surface area contributed by atoms with Crippen LogP contribution < -0.4 is 15.0 Å². The molecule has 0 bridgehead atoms. The van der Waals surface area contributed by atoms with Gasteiger partial charge in [0.15, 0.2) is 0 Å². The first-order valence-corrected chi connectivity index (χ1v) is 7.91. The molecular formula is C16H14ClN5O5. The molecule has 0 unspecified atom stereocenters. The van der Waals surface area contributed by atoms with E-state index in [9.17, 15) is 15.3 Å². The molecule has 1 N–H and O–H groups in total. The fraction of sp³-hybridized carbons (Fsp3) is 0.125. The van der Waals surface area contributed by atoms with Crippen molar-refractivity contribution in [2.45, 2.75) is 0 Å². The van der Waals surface area contributed by atoms with E-state index >= 15 is 0 Å². The van der Waals surface area contributed by atoms with Gasteiger partial charge in [-0.3, -0.25) is 0 Å². The summed E-state index contributed by atoms with van der Waals surface area (Å²) >= 11 is 5.96. The molecule has 0 radical (unpaired) electrons. The van der Waals surface area contributed by atoms with Gasteiger partial charge in [-0.05, 0) is 52.2 Å². The molecule has 11 heteroatoms. The van der Waals surface area contributed by atoms with Crippen molar-refractivity contribution in [3.05, 3.63) is 63.1 Å². The second kappa shape index (κ2) is 7.38. The Bertz CT molecular complexity index is 1060. The van der Waals surface area contributed by atoms with E-state index < -0.39 is 16.2 Å². The Hall–Kier alpha value is -3.53. The van der Waals surface area contributed by atoms with Gasteiger partial charge in [-0.15, -0.1) is 0 Å². The van der Waals surface area contributed by atoms with Gasteiger partial charge < -0.3 is 24.8 Å². The quantitative estimate of drug-likeness (QED) is 0.406. The fourth-order valence-corrected chi connectivity index (χ4v) is 2.48. The Kier molecular flexibility index (Phi) is 4.99. The van der Waals surface area contributed by atoms with Crippen molar-refractivity contribution in [3.8, 4) is 17.2 Å². The molecule has 0 spiro atoms. The molecule has 0 aliphatic heterocycles. The standard InChI is InChI=1S/C16H14ClN5O5/c1-26-12-6-4-11(5-7-12)20-19-16(22(24)25)15(21(20)23)18-13-9-10(17)3-8-14(13)27-2/h3-9,23H,1-2H3. The van der Waals surface area contributed by atoms with Crippen LogP contribution in [0.4, 0.5) is 11.5 Å². The maximum absolute atomic E-state index is 11.4. The van der Waals surface area contributed by atoms with E-state index in [0.29, 0.717) is 27.1 Å². The first-order chi connectivity index (χ1) is 12.9. The van der Waals surface area contributed by atoms with Crippen LogP contribution in [0.3, 0.4) is 0 Å². The maximum atomic E-state index is 11.4. The lowest BCUT2D eigenvalue weighted by atomic mass is 10.3. The average Bonchev–Trinajstić information content (AvgIpc) is 2.99. The van der Waals surface area contributed by atoms with E-state index in [1.54, 1.807) is 36.4 Å². The van der Waals surface area contributed by atoms with Gasteiger partial charge in [-0.25, -0.2) is 4.99 Å². The fourth-order valence-electron chi connectivity index (χ4n) is 2.32. The molecule has 0 saturated heterocycles. The topological polar surface area (TPSA) is 117 Å². The first kappa shape index (κ1) is 18.3. The normalized spacial score (nSPS) is 11.4. The summed E-state index contributed by atoms with van der Waals surface area (Å²) in [5.41, 5.74) is 0.169. The van der Waals surface area contributed by atoms with Crippen molar-refractivity contribution in [1.82, 2.24) is 14.7 Å². The summed E-state index contributed by atoms with van der Waals surface area (Å²) in [6.07, 6.45) is 0. The Morgan fingerprint density at radius 2 is 1.89 bits per heavy atom. The van der Waals surface area contributed by atoms with Gasteiger partial charge in [0.1, 0.15) is 22.9 Å². The molecule has 27 heavy (non-hydrogen) atoms. The lowest BCUT2D eigenvalue weighted by molar-refractivity contribution is -0.391. The van der Waals surface area contributed by atoms with Gasteiger partial charge in [-0.1, -0.05) is 16.4 Å². The zero-order chi connectivity index (χ0) is 19.6. The van der Waals surface area contributed by atoms with Crippen LogP contribution in [0, 0.1) is 10.1 Å². The SMILES string of the molecule is COc1ccc(-n2nc([N+](=O)[O-])c(=Nc3cc(Cl)ccc3OC)n2O)cc1. The smallest absolute Gasteiger partial charge is 0.438 e. The molecule has 10 nitrogen and oxygen atoms in total. The number of benzene rings is 2. The molecule has 2 aromatic carbocycles. The highest BCUT2D eigenvalue weighted by Crippen LogP contribution is 2.30. The van der Waals surface area contributed by atoms with Gasteiger partial charge in [0.05, 0.1) is 19.3 Å². The van der Waals surface area contributed by atoms with Crippen LogP contribution in [0.15, 0.2) is 47.5 Å². The summed E-state index contributed by atoms with van der Waals surface area (Å²) in [6, 6.07) is 11.0. The highest BCUT2D eigenvalue weighted by Gasteiger charge is 2.24. The number of hydrogen-bond acceptors (Lipinski definition) is 7. The highest BCUT2D eigenvalue weighted by atomic mass is 35.5. The lowest BCUT2D eigenvalue weighted by Crippen LogP contribution is -2.22. The average molecular weight is 392 g/mol. The number of ether oxygens (including phenoxy) is 2. The van der Waals surface area contributed by atoms with Crippen molar-refractivity contribution in [2.24, 2.45) is 4.99 Å². The van der Waals surface area contributed by atoms with Crippen LogP contribution in [-0.4, -0.2) is 39.1 Å². The van der Waals surface area contributed by atoms with Crippen molar-refractivity contribution in [2.75, 3.05) is 14.2 Å². The predicted molar refractivity (Wildman–Crippen MR) is 95.2 cm³/mol. The zero-order valence-corrected chi connectivity index (χ0v) is 15.0. The largest absolute Gasteiger partial charge is 0.497 e. The number of hydrogen-bond donors (Lipinski definition) is 1. The summed E-state index contributed by atoms with van der Waals surface area (Å²) in [5, 5.41) is 26.0. The first-order valence-electron chi connectivity index (χ1n) is 7.53. The van der Waals surface area contributed by atoms with E-state index in [2.05, 4.69) is 10.1 Å². The molecule has 0 aliphatic carbocycles. The second-order valence-electron chi connectivity index (χ2n) is 5.21. The molecule has 0 aliphatic rings. The minimum Gasteiger partial charge on any atom is -0.497 e. The summed E-state index contributed by atoms with van der Waals surface area (Å²) < 4.78 is 10.2. The third-order valence-electron chi connectivity index (χ3n) is 3.60. The van der Waals surface area contributed by atoms with Crippen LogP contribution in [0.1, 0.15) is 0 Å². The van der Waals surface area contributed by atoms with E-state index in [4.69, 9.17) is 21.1 Å². The Morgan fingerprint density at radius 1 is 1.19 bits per heavy atom. The summed E-state index contributed by atoms with van der Waals surface area (Å²) in [7, 11) is 2.93. The van der Waals surface area contributed by atoms with Gasteiger partial charge >= 0.3 is 5.82 Å². The zero-order valence-electron chi connectivity index (χ0n) is 14.2. The van der Waals surface area contributed by atoms with Crippen LogP contribution in [0.2, 0.25) is 5.02 Å². The minimum absolute atomic E-state index is 0.199. The molecule has 140 valence electrons. The number of methoxy groups -OCH3 is 2.